The first-order chi connectivity index (χ1) is 10.3. The Bertz CT molecular complexity index is 622. The van der Waals surface area contributed by atoms with Crippen molar-refractivity contribution in [1.29, 1.82) is 0 Å². The van der Waals surface area contributed by atoms with Gasteiger partial charge in [-0.3, -0.25) is 9.59 Å². The highest BCUT2D eigenvalue weighted by molar-refractivity contribution is 7.12. The quantitative estimate of drug-likeness (QED) is 0.809. The van der Waals surface area contributed by atoms with E-state index >= 15 is 0 Å². The standard InChI is InChI=1S/C17H17NO2S/c19-15(13-6-2-1-3-7-13)12-14-8-4-10-18(14)17(20)16-9-5-11-21-16/h1-3,5-7,9,11,14H,4,8,10,12H2. The Hall–Kier alpha value is -1.94. The molecule has 0 N–H and O–H groups in total. The third-order valence-corrected chi connectivity index (χ3v) is 4.74. The van der Waals surface area contributed by atoms with Crippen molar-refractivity contribution in [3.8, 4) is 0 Å². The SMILES string of the molecule is O=C(CC1CCCN1C(=O)c1cccs1)c1ccccc1. The number of likely N-dealkylation sites (tertiary alicyclic amines) is 1. The third kappa shape index (κ3) is 3.05. The van der Waals surface area contributed by atoms with Gasteiger partial charge in [-0.05, 0) is 24.3 Å². The summed E-state index contributed by atoms with van der Waals surface area (Å²) in [5, 5.41) is 1.91. The van der Waals surface area contributed by atoms with Gasteiger partial charge < -0.3 is 4.90 Å². The van der Waals surface area contributed by atoms with Crippen LogP contribution in [0, 0.1) is 0 Å². The number of thiophene rings is 1. The van der Waals surface area contributed by atoms with Gasteiger partial charge in [0.1, 0.15) is 0 Å². The lowest BCUT2D eigenvalue weighted by Gasteiger charge is -2.23. The molecule has 1 aliphatic heterocycles. The van der Waals surface area contributed by atoms with E-state index in [-0.39, 0.29) is 17.7 Å². The second-order valence-corrected chi connectivity index (χ2v) is 6.21. The summed E-state index contributed by atoms with van der Waals surface area (Å²) < 4.78 is 0. The van der Waals surface area contributed by atoms with Crippen LogP contribution >= 0.6 is 11.3 Å². The predicted octanol–water partition coefficient (Wildman–Crippen LogP) is 3.63. The number of ketones is 1. The molecule has 0 saturated carbocycles. The smallest absolute Gasteiger partial charge is 0.264 e. The fourth-order valence-electron chi connectivity index (χ4n) is 2.81. The van der Waals surface area contributed by atoms with Crippen molar-refractivity contribution < 1.29 is 9.59 Å². The second-order valence-electron chi connectivity index (χ2n) is 5.27. The van der Waals surface area contributed by atoms with Crippen molar-refractivity contribution in [2.45, 2.75) is 25.3 Å². The van der Waals surface area contributed by atoms with E-state index in [0.717, 1.165) is 29.8 Å². The Balaban J connectivity index is 1.70. The zero-order valence-electron chi connectivity index (χ0n) is 11.7. The zero-order chi connectivity index (χ0) is 14.7. The average molecular weight is 299 g/mol. The molecule has 2 aromatic rings. The lowest BCUT2D eigenvalue weighted by atomic mass is 10.0. The minimum atomic E-state index is 0.0345. The van der Waals surface area contributed by atoms with Gasteiger partial charge in [-0.1, -0.05) is 36.4 Å². The highest BCUT2D eigenvalue weighted by Crippen LogP contribution is 2.25. The topological polar surface area (TPSA) is 37.4 Å². The van der Waals surface area contributed by atoms with Crippen molar-refractivity contribution >= 4 is 23.0 Å². The van der Waals surface area contributed by atoms with Crippen molar-refractivity contribution in [1.82, 2.24) is 4.90 Å². The molecule has 0 aliphatic carbocycles. The van der Waals surface area contributed by atoms with Gasteiger partial charge in [0, 0.05) is 24.6 Å². The van der Waals surface area contributed by atoms with Crippen LogP contribution in [0.15, 0.2) is 47.8 Å². The van der Waals surface area contributed by atoms with Gasteiger partial charge in [-0.25, -0.2) is 0 Å². The summed E-state index contributed by atoms with van der Waals surface area (Å²) in [6.07, 6.45) is 2.31. The van der Waals surface area contributed by atoms with E-state index in [9.17, 15) is 9.59 Å². The minimum absolute atomic E-state index is 0.0345. The van der Waals surface area contributed by atoms with Crippen LogP contribution in [0.5, 0.6) is 0 Å². The van der Waals surface area contributed by atoms with E-state index in [2.05, 4.69) is 0 Å². The molecule has 0 spiro atoms. The van der Waals surface area contributed by atoms with Crippen LogP contribution in [0.3, 0.4) is 0 Å². The van der Waals surface area contributed by atoms with Crippen LogP contribution in [-0.2, 0) is 0 Å². The molecule has 1 aromatic heterocycles. The molecule has 1 fully saturated rings. The van der Waals surface area contributed by atoms with Crippen LogP contribution < -0.4 is 0 Å². The van der Waals surface area contributed by atoms with Crippen molar-refractivity contribution in [2.24, 2.45) is 0 Å². The van der Waals surface area contributed by atoms with Gasteiger partial charge in [0.15, 0.2) is 5.78 Å². The first-order valence-electron chi connectivity index (χ1n) is 7.18. The molecule has 2 heterocycles. The average Bonchev–Trinajstić information content (AvgIpc) is 3.19. The normalized spacial score (nSPS) is 17.9. The lowest BCUT2D eigenvalue weighted by molar-refractivity contribution is 0.0721. The summed E-state index contributed by atoms with van der Waals surface area (Å²) >= 11 is 1.46. The summed E-state index contributed by atoms with van der Waals surface area (Å²) in [6, 6.07) is 13.1. The minimum Gasteiger partial charge on any atom is -0.335 e. The van der Waals surface area contributed by atoms with Gasteiger partial charge >= 0.3 is 0 Å². The Morgan fingerprint density at radius 3 is 2.67 bits per heavy atom. The van der Waals surface area contributed by atoms with E-state index in [1.54, 1.807) is 0 Å². The van der Waals surface area contributed by atoms with Gasteiger partial charge in [-0.2, -0.15) is 0 Å². The number of Topliss-reactive ketones (excluding diaryl/α,β-unsaturated/α-hetero) is 1. The molecular weight excluding hydrogens is 282 g/mol. The Labute approximate surface area is 128 Å². The van der Waals surface area contributed by atoms with Crippen LogP contribution in [0.2, 0.25) is 0 Å². The monoisotopic (exact) mass is 299 g/mol. The number of rotatable bonds is 4. The van der Waals surface area contributed by atoms with Crippen molar-refractivity contribution in [3.05, 3.63) is 58.3 Å². The number of carbonyl (C=O) groups is 2. The van der Waals surface area contributed by atoms with E-state index < -0.39 is 0 Å². The predicted molar refractivity (Wildman–Crippen MR) is 83.8 cm³/mol. The van der Waals surface area contributed by atoms with Crippen LogP contribution in [0.25, 0.3) is 0 Å². The van der Waals surface area contributed by atoms with Crippen LogP contribution in [-0.4, -0.2) is 29.2 Å². The number of hydrogen-bond donors (Lipinski definition) is 0. The van der Waals surface area contributed by atoms with Gasteiger partial charge in [0.25, 0.3) is 5.91 Å². The molecule has 0 bridgehead atoms. The van der Waals surface area contributed by atoms with E-state index in [1.165, 1.54) is 11.3 Å². The van der Waals surface area contributed by atoms with Gasteiger partial charge in [0.05, 0.1) is 4.88 Å². The summed E-state index contributed by atoms with van der Waals surface area (Å²) in [4.78, 5) is 27.4. The van der Waals surface area contributed by atoms with E-state index in [1.807, 2.05) is 52.7 Å². The first kappa shape index (κ1) is 14.0. The molecular formula is C17H17NO2S. The van der Waals surface area contributed by atoms with E-state index in [0.29, 0.717) is 6.42 Å². The molecule has 1 atom stereocenters. The molecule has 21 heavy (non-hydrogen) atoms. The molecule has 1 aliphatic rings. The number of hydrogen-bond acceptors (Lipinski definition) is 3. The fourth-order valence-corrected chi connectivity index (χ4v) is 3.49. The lowest BCUT2D eigenvalue weighted by Crippen LogP contribution is -2.36. The molecule has 108 valence electrons. The largest absolute Gasteiger partial charge is 0.335 e. The Kier molecular flexibility index (Phi) is 4.15. The molecule has 4 heteroatoms. The molecule has 1 aromatic carbocycles. The number of benzene rings is 1. The van der Waals surface area contributed by atoms with Crippen molar-refractivity contribution in [2.75, 3.05) is 6.54 Å². The Morgan fingerprint density at radius 1 is 1.14 bits per heavy atom. The van der Waals surface area contributed by atoms with Gasteiger partial charge in [0.2, 0.25) is 0 Å². The van der Waals surface area contributed by atoms with Crippen LogP contribution in [0.4, 0.5) is 0 Å². The van der Waals surface area contributed by atoms with Gasteiger partial charge in [-0.15, -0.1) is 11.3 Å². The fraction of sp³-hybridized carbons (Fsp3) is 0.294. The maximum Gasteiger partial charge on any atom is 0.264 e. The summed E-state index contributed by atoms with van der Waals surface area (Å²) in [5.41, 5.74) is 0.730. The highest BCUT2D eigenvalue weighted by Gasteiger charge is 2.31. The highest BCUT2D eigenvalue weighted by atomic mass is 32.1. The molecule has 0 radical (unpaired) electrons. The zero-order valence-corrected chi connectivity index (χ0v) is 12.5. The molecule has 3 nitrogen and oxygen atoms in total. The number of carbonyl (C=O) groups excluding carboxylic acids is 2. The maximum atomic E-state index is 12.5. The number of nitrogens with zero attached hydrogens (tertiary/aromatic N) is 1. The molecule has 1 saturated heterocycles. The summed E-state index contributed by atoms with van der Waals surface area (Å²) in [7, 11) is 0. The Morgan fingerprint density at radius 2 is 1.95 bits per heavy atom. The van der Waals surface area contributed by atoms with E-state index in [4.69, 9.17) is 0 Å². The summed E-state index contributed by atoms with van der Waals surface area (Å²) in [6.45, 7) is 0.753. The maximum absolute atomic E-state index is 12.5. The van der Waals surface area contributed by atoms with Crippen LogP contribution in [0.1, 0.15) is 39.3 Å². The third-order valence-electron chi connectivity index (χ3n) is 3.89. The summed E-state index contributed by atoms with van der Waals surface area (Å²) in [5.74, 6) is 0.180. The van der Waals surface area contributed by atoms with Crippen molar-refractivity contribution in [3.63, 3.8) is 0 Å². The molecule has 1 amide bonds. The number of amides is 1. The second kappa shape index (κ2) is 6.22. The molecule has 1 unspecified atom stereocenters. The molecule has 3 rings (SSSR count). The first-order valence-corrected chi connectivity index (χ1v) is 8.06.